The fourth-order valence-electron chi connectivity index (χ4n) is 3.46. The predicted octanol–water partition coefficient (Wildman–Crippen LogP) is 4.30. The van der Waals surface area contributed by atoms with Crippen LogP contribution in [0.5, 0.6) is 0 Å². The fourth-order valence-corrected chi connectivity index (χ4v) is 3.46. The van der Waals surface area contributed by atoms with Gasteiger partial charge >= 0.3 is 12.1 Å². The number of hydrogen-bond acceptors (Lipinski definition) is 5. The first-order valence-corrected chi connectivity index (χ1v) is 11.4. The van der Waals surface area contributed by atoms with Crippen LogP contribution in [-0.2, 0) is 25.5 Å². The van der Waals surface area contributed by atoms with Crippen molar-refractivity contribution in [3.63, 3.8) is 0 Å². The highest BCUT2D eigenvalue weighted by atomic mass is 16.6. The van der Waals surface area contributed by atoms with E-state index in [0.29, 0.717) is 19.3 Å². The Labute approximate surface area is 202 Å². The third kappa shape index (κ3) is 8.89. The maximum atomic E-state index is 12.7. The highest BCUT2D eigenvalue weighted by molar-refractivity contribution is 5.85. The SMILES string of the molecule is COC(=O)CCc1ccc(C2C=CC=C(CC(NC(=O)OC(C)(C)C)C(=O)N(C)C)C=C2)cc1. The summed E-state index contributed by atoms with van der Waals surface area (Å²) in [7, 11) is 4.72. The Morgan fingerprint density at radius 2 is 1.76 bits per heavy atom. The molecule has 1 aliphatic carbocycles. The maximum absolute atomic E-state index is 12.7. The second kappa shape index (κ2) is 12.2. The molecule has 1 N–H and O–H groups in total. The molecule has 1 aromatic rings. The normalized spacial score (nSPS) is 16.2. The average Bonchev–Trinajstić information content (AvgIpc) is 3.01. The zero-order chi connectivity index (χ0) is 25.3. The summed E-state index contributed by atoms with van der Waals surface area (Å²) in [4.78, 5) is 37.8. The number of allylic oxidation sites excluding steroid dienone is 5. The summed E-state index contributed by atoms with van der Waals surface area (Å²) in [5, 5.41) is 2.71. The van der Waals surface area contributed by atoms with Crippen molar-refractivity contribution >= 4 is 18.0 Å². The number of benzene rings is 1. The Balaban J connectivity index is 2.06. The van der Waals surface area contributed by atoms with Crippen molar-refractivity contribution in [2.75, 3.05) is 21.2 Å². The molecular formula is C27H36N2O5. The number of ether oxygens (including phenoxy) is 2. The topological polar surface area (TPSA) is 84.9 Å². The number of carbonyl (C=O) groups is 3. The van der Waals surface area contributed by atoms with Crippen LogP contribution in [0.4, 0.5) is 4.79 Å². The number of methoxy groups -OCH3 is 1. The molecule has 0 fully saturated rings. The number of rotatable bonds is 8. The van der Waals surface area contributed by atoms with Gasteiger partial charge in [-0.3, -0.25) is 9.59 Å². The van der Waals surface area contributed by atoms with Crippen LogP contribution in [0.1, 0.15) is 50.7 Å². The molecule has 0 saturated heterocycles. The van der Waals surface area contributed by atoms with Gasteiger partial charge in [-0.2, -0.15) is 0 Å². The number of likely N-dealkylation sites (N-methyl/N-ethyl adjacent to an activating group) is 1. The Bertz CT molecular complexity index is 952. The van der Waals surface area contributed by atoms with Gasteiger partial charge in [-0.05, 0) is 43.9 Å². The minimum Gasteiger partial charge on any atom is -0.469 e. The van der Waals surface area contributed by atoms with Crippen molar-refractivity contribution in [1.29, 1.82) is 0 Å². The summed E-state index contributed by atoms with van der Waals surface area (Å²) in [6.45, 7) is 5.34. The molecular weight excluding hydrogens is 432 g/mol. The van der Waals surface area contributed by atoms with E-state index in [2.05, 4.69) is 29.6 Å². The molecule has 0 aromatic heterocycles. The number of nitrogens with one attached hydrogen (secondary N) is 1. The Hall–Kier alpha value is -3.35. The van der Waals surface area contributed by atoms with Gasteiger partial charge < -0.3 is 19.7 Å². The lowest BCUT2D eigenvalue weighted by molar-refractivity contribution is -0.140. The smallest absolute Gasteiger partial charge is 0.408 e. The van der Waals surface area contributed by atoms with Crippen LogP contribution in [0, 0.1) is 0 Å². The molecule has 184 valence electrons. The Morgan fingerprint density at radius 3 is 2.35 bits per heavy atom. The molecule has 1 aromatic carbocycles. The van der Waals surface area contributed by atoms with Gasteiger partial charge in [-0.15, -0.1) is 0 Å². The van der Waals surface area contributed by atoms with E-state index in [-0.39, 0.29) is 17.8 Å². The molecule has 0 bridgehead atoms. The van der Waals surface area contributed by atoms with Crippen LogP contribution < -0.4 is 5.32 Å². The van der Waals surface area contributed by atoms with Gasteiger partial charge in [0.2, 0.25) is 5.91 Å². The first-order valence-electron chi connectivity index (χ1n) is 11.4. The van der Waals surface area contributed by atoms with Gasteiger partial charge in [0.15, 0.2) is 0 Å². The number of carbonyl (C=O) groups excluding carboxylic acids is 3. The van der Waals surface area contributed by atoms with Crippen LogP contribution in [0.15, 0.2) is 60.2 Å². The lowest BCUT2D eigenvalue weighted by atomic mass is 9.96. The Morgan fingerprint density at radius 1 is 1.09 bits per heavy atom. The van der Waals surface area contributed by atoms with Crippen molar-refractivity contribution in [2.24, 2.45) is 0 Å². The van der Waals surface area contributed by atoms with E-state index in [1.807, 2.05) is 30.4 Å². The first-order chi connectivity index (χ1) is 16.0. The lowest BCUT2D eigenvalue weighted by Crippen LogP contribution is -2.47. The summed E-state index contributed by atoms with van der Waals surface area (Å²) >= 11 is 0. The number of alkyl carbamates (subject to hydrolysis) is 1. The molecule has 0 aliphatic heterocycles. The minimum absolute atomic E-state index is 0.0743. The molecule has 2 rings (SSSR count). The standard InChI is InChI=1S/C27H36N2O5/c1-27(2,3)34-26(32)28-23(25(31)29(4)5)18-20-8-7-9-21(16-12-20)22-14-10-19(11-15-22)13-17-24(30)33-6/h7-12,14-16,21,23H,13,17-18H2,1-6H3,(H,28,32). The molecule has 0 radical (unpaired) electrons. The zero-order valence-electron chi connectivity index (χ0n) is 21.0. The van der Waals surface area contributed by atoms with Gasteiger partial charge in [0.25, 0.3) is 0 Å². The number of hydrogen-bond donors (Lipinski definition) is 1. The van der Waals surface area contributed by atoms with E-state index in [9.17, 15) is 14.4 Å². The van der Waals surface area contributed by atoms with Crippen LogP contribution >= 0.6 is 0 Å². The molecule has 0 heterocycles. The molecule has 1 aliphatic rings. The lowest BCUT2D eigenvalue weighted by Gasteiger charge is -2.25. The third-order valence-corrected chi connectivity index (χ3v) is 5.23. The first kappa shape index (κ1) is 26.9. The van der Waals surface area contributed by atoms with Crippen molar-refractivity contribution < 1.29 is 23.9 Å². The summed E-state index contributed by atoms with van der Waals surface area (Å²) in [6, 6.07) is 7.42. The van der Waals surface area contributed by atoms with Crippen LogP contribution in [0.3, 0.4) is 0 Å². The molecule has 0 saturated carbocycles. The van der Waals surface area contributed by atoms with Crippen molar-refractivity contribution in [2.45, 2.75) is 57.6 Å². The average molecular weight is 469 g/mol. The molecule has 2 unspecified atom stereocenters. The van der Waals surface area contributed by atoms with Crippen LogP contribution in [-0.4, -0.2) is 55.7 Å². The summed E-state index contributed by atoms with van der Waals surface area (Å²) < 4.78 is 10.0. The maximum Gasteiger partial charge on any atom is 0.408 e. The molecule has 7 heteroatoms. The second-order valence-electron chi connectivity index (χ2n) is 9.46. The molecule has 2 amide bonds. The van der Waals surface area contributed by atoms with Gasteiger partial charge in [-0.1, -0.05) is 54.6 Å². The van der Waals surface area contributed by atoms with E-state index >= 15 is 0 Å². The van der Waals surface area contributed by atoms with Crippen molar-refractivity contribution in [1.82, 2.24) is 10.2 Å². The largest absolute Gasteiger partial charge is 0.469 e. The van der Waals surface area contributed by atoms with Gasteiger partial charge in [0, 0.05) is 32.9 Å². The van der Waals surface area contributed by atoms with E-state index in [0.717, 1.165) is 16.7 Å². The monoisotopic (exact) mass is 468 g/mol. The number of aryl methyl sites for hydroxylation is 1. The molecule has 34 heavy (non-hydrogen) atoms. The zero-order valence-corrected chi connectivity index (χ0v) is 21.0. The van der Waals surface area contributed by atoms with Crippen molar-refractivity contribution in [3.8, 4) is 0 Å². The quantitative estimate of drug-likeness (QED) is 0.575. The van der Waals surface area contributed by atoms with Gasteiger partial charge in [0.1, 0.15) is 11.6 Å². The van der Waals surface area contributed by atoms with Crippen molar-refractivity contribution in [3.05, 3.63) is 71.3 Å². The van der Waals surface area contributed by atoms with Crippen LogP contribution in [0.25, 0.3) is 0 Å². The van der Waals surface area contributed by atoms with Gasteiger partial charge in [-0.25, -0.2) is 4.79 Å². The summed E-state index contributed by atoms with van der Waals surface area (Å²) in [5.74, 6) is -0.345. The number of amides is 2. The molecule has 0 spiro atoms. The minimum atomic E-state index is -0.736. The highest BCUT2D eigenvalue weighted by Crippen LogP contribution is 2.24. The second-order valence-corrected chi connectivity index (χ2v) is 9.46. The number of nitrogens with zero attached hydrogens (tertiary/aromatic N) is 1. The fraction of sp³-hybridized carbons (Fsp3) is 0.444. The van der Waals surface area contributed by atoms with E-state index in [1.165, 1.54) is 12.0 Å². The Kier molecular flexibility index (Phi) is 9.66. The number of esters is 1. The van der Waals surface area contributed by atoms with E-state index < -0.39 is 17.7 Å². The predicted molar refractivity (Wildman–Crippen MR) is 132 cm³/mol. The molecule has 7 nitrogen and oxygen atoms in total. The highest BCUT2D eigenvalue weighted by Gasteiger charge is 2.26. The third-order valence-electron chi connectivity index (χ3n) is 5.23. The van der Waals surface area contributed by atoms with Gasteiger partial charge in [0.05, 0.1) is 7.11 Å². The molecule has 2 atom stereocenters. The summed E-state index contributed by atoms with van der Waals surface area (Å²) in [6.07, 6.45) is 10.8. The summed E-state index contributed by atoms with van der Waals surface area (Å²) in [5.41, 5.74) is 2.47. The van der Waals surface area contributed by atoms with E-state index in [4.69, 9.17) is 9.47 Å². The van der Waals surface area contributed by atoms with Crippen LogP contribution in [0.2, 0.25) is 0 Å². The van der Waals surface area contributed by atoms with E-state index in [1.54, 1.807) is 34.9 Å².